The Kier molecular flexibility index (Phi) is 4.57. The van der Waals surface area contributed by atoms with Crippen LogP contribution in [0.3, 0.4) is 0 Å². The predicted octanol–water partition coefficient (Wildman–Crippen LogP) is 5.18. The van der Waals surface area contributed by atoms with Crippen molar-refractivity contribution >= 4 is 22.2 Å². The minimum atomic E-state index is 0.913. The maximum Gasteiger partial charge on any atom is 0.165 e. The number of hydrogen-bond donors (Lipinski definition) is 0. The van der Waals surface area contributed by atoms with Crippen LogP contribution in [0.2, 0.25) is 0 Å². The van der Waals surface area contributed by atoms with E-state index >= 15 is 0 Å². The van der Waals surface area contributed by atoms with Crippen molar-refractivity contribution in [2.45, 2.75) is 26.7 Å². The molecule has 0 unspecified atom stereocenters. The molecule has 0 bridgehead atoms. The molecule has 2 heterocycles. The molecule has 132 valence electrons. The maximum atomic E-state index is 4.70. The van der Waals surface area contributed by atoms with Crippen LogP contribution >= 0.6 is 0 Å². The number of fused-ring (bicyclic) bond motifs is 2. The summed E-state index contributed by atoms with van der Waals surface area (Å²) in [6, 6.07) is 16.9. The Labute approximate surface area is 154 Å². The van der Waals surface area contributed by atoms with Crippen molar-refractivity contribution in [3.63, 3.8) is 0 Å². The van der Waals surface area contributed by atoms with E-state index in [-0.39, 0.29) is 0 Å². The van der Waals surface area contributed by atoms with Crippen LogP contribution in [0, 0.1) is 0 Å². The topological polar surface area (TPSA) is 33.4 Å². The van der Waals surface area contributed by atoms with Crippen LogP contribution < -0.4 is 4.90 Å². The Hall–Kier alpha value is -2.88. The molecule has 4 rings (SSSR count). The number of hydrogen-bond acceptors (Lipinski definition) is 3. The van der Waals surface area contributed by atoms with E-state index < -0.39 is 0 Å². The van der Waals surface area contributed by atoms with Gasteiger partial charge in [0.15, 0.2) is 5.65 Å². The number of benzene rings is 2. The van der Waals surface area contributed by atoms with Gasteiger partial charge in [0.25, 0.3) is 0 Å². The average molecular weight is 344 g/mol. The number of anilines is 1. The number of rotatable bonds is 6. The van der Waals surface area contributed by atoms with Crippen molar-refractivity contribution in [2.24, 2.45) is 0 Å². The fourth-order valence-electron chi connectivity index (χ4n) is 3.65. The zero-order valence-electron chi connectivity index (χ0n) is 15.4. The largest absolute Gasteiger partial charge is 0.356 e. The van der Waals surface area contributed by atoms with Gasteiger partial charge in [-0.15, -0.1) is 0 Å². The Balaban J connectivity index is 1.89. The molecule has 0 aliphatic heterocycles. The van der Waals surface area contributed by atoms with Gasteiger partial charge in [0.2, 0.25) is 0 Å². The molecule has 0 saturated heterocycles. The van der Waals surface area contributed by atoms with Gasteiger partial charge in [-0.1, -0.05) is 56.3 Å². The highest BCUT2D eigenvalue weighted by Gasteiger charge is 2.15. The van der Waals surface area contributed by atoms with E-state index in [0.717, 1.165) is 43.0 Å². The molecule has 4 aromatic rings. The summed E-state index contributed by atoms with van der Waals surface area (Å²) in [6.07, 6.45) is 6.07. The van der Waals surface area contributed by atoms with Crippen LogP contribution in [0.5, 0.6) is 0 Å². The van der Waals surface area contributed by atoms with Crippen molar-refractivity contribution in [3.8, 4) is 11.1 Å². The molecule has 0 atom stereocenters. The molecule has 2 aromatic carbocycles. The Bertz CT molecular complexity index is 1020. The molecule has 0 N–H and O–H groups in total. The summed E-state index contributed by atoms with van der Waals surface area (Å²) in [6.45, 7) is 6.48. The van der Waals surface area contributed by atoms with Gasteiger partial charge in [0.05, 0.1) is 6.20 Å². The van der Waals surface area contributed by atoms with Gasteiger partial charge >= 0.3 is 0 Å². The lowest BCUT2D eigenvalue weighted by Gasteiger charge is -2.23. The van der Waals surface area contributed by atoms with E-state index in [0.29, 0.717) is 0 Å². The van der Waals surface area contributed by atoms with Gasteiger partial charge in [-0.05, 0) is 35.2 Å². The van der Waals surface area contributed by atoms with Crippen LogP contribution in [-0.4, -0.2) is 27.7 Å². The van der Waals surface area contributed by atoms with Crippen LogP contribution in [0.15, 0.2) is 60.9 Å². The summed E-state index contributed by atoms with van der Waals surface area (Å²) in [5.74, 6) is 1.12. The summed E-state index contributed by atoms with van der Waals surface area (Å²) in [5.41, 5.74) is 3.17. The molecule has 0 spiro atoms. The van der Waals surface area contributed by atoms with Crippen LogP contribution in [0.25, 0.3) is 27.5 Å². The normalized spacial score (nSPS) is 11.3. The lowest BCUT2D eigenvalue weighted by Crippen LogP contribution is -2.27. The molecule has 0 aliphatic rings. The van der Waals surface area contributed by atoms with Crippen molar-refractivity contribution in [3.05, 3.63) is 60.9 Å². The average Bonchev–Trinajstić information content (AvgIpc) is 3.11. The van der Waals surface area contributed by atoms with E-state index in [1.807, 2.05) is 16.9 Å². The maximum absolute atomic E-state index is 4.70. The molecular formula is C22H24N4. The van der Waals surface area contributed by atoms with E-state index in [1.165, 1.54) is 16.3 Å². The summed E-state index contributed by atoms with van der Waals surface area (Å²) in [7, 11) is 0. The third kappa shape index (κ3) is 2.81. The fraction of sp³-hybridized carbons (Fsp3) is 0.273. The molecule has 0 fully saturated rings. The first-order valence-corrected chi connectivity index (χ1v) is 9.39. The summed E-state index contributed by atoms with van der Waals surface area (Å²) < 4.78 is 1.99. The first-order chi connectivity index (χ1) is 12.8. The highest BCUT2D eigenvalue weighted by atomic mass is 15.3. The van der Waals surface area contributed by atoms with E-state index in [4.69, 9.17) is 5.10 Å². The molecule has 0 radical (unpaired) electrons. The van der Waals surface area contributed by atoms with Crippen LogP contribution in [0.1, 0.15) is 26.7 Å². The summed E-state index contributed by atoms with van der Waals surface area (Å²) in [5, 5.41) is 7.17. The second-order valence-electron chi connectivity index (χ2n) is 6.61. The third-order valence-electron chi connectivity index (χ3n) is 4.77. The van der Waals surface area contributed by atoms with Gasteiger partial charge in [-0.2, -0.15) is 9.61 Å². The molecule has 26 heavy (non-hydrogen) atoms. The zero-order valence-corrected chi connectivity index (χ0v) is 15.4. The smallest absolute Gasteiger partial charge is 0.165 e. The molecule has 4 heteroatoms. The summed E-state index contributed by atoms with van der Waals surface area (Å²) >= 11 is 0. The standard InChI is InChI=1S/C22H24N4/c1-3-14-25(15-4-2)21-12-13-23-22-20(16-24-26(21)22)19-11-7-9-17-8-5-6-10-18(17)19/h5-13,16H,3-4,14-15H2,1-2H3. The van der Waals surface area contributed by atoms with E-state index in [1.54, 1.807) is 0 Å². The zero-order chi connectivity index (χ0) is 17.9. The van der Waals surface area contributed by atoms with Crippen molar-refractivity contribution < 1.29 is 0 Å². The number of aromatic nitrogens is 3. The minimum Gasteiger partial charge on any atom is -0.356 e. The van der Waals surface area contributed by atoms with E-state index in [9.17, 15) is 0 Å². The van der Waals surface area contributed by atoms with Crippen LogP contribution in [-0.2, 0) is 0 Å². The minimum absolute atomic E-state index is 0.913. The molecular weight excluding hydrogens is 320 g/mol. The molecule has 0 saturated carbocycles. The number of nitrogens with zero attached hydrogens (tertiary/aromatic N) is 4. The first-order valence-electron chi connectivity index (χ1n) is 9.39. The summed E-state index contributed by atoms with van der Waals surface area (Å²) in [4.78, 5) is 7.06. The van der Waals surface area contributed by atoms with Gasteiger partial charge in [0, 0.05) is 24.8 Å². The molecule has 0 amide bonds. The fourth-order valence-corrected chi connectivity index (χ4v) is 3.65. The predicted molar refractivity (Wildman–Crippen MR) is 109 cm³/mol. The molecule has 4 nitrogen and oxygen atoms in total. The SMILES string of the molecule is CCCN(CCC)c1ccnc2c(-c3cccc4ccccc34)cnn12. The lowest BCUT2D eigenvalue weighted by atomic mass is 10.0. The quantitative estimate of drug-likeness (QED) is 0.483. The van der Waals surface area contributed by atoms with Crippen molar-refractivity contribution in [1.82, 2.24) is 14.6 Å². The lowest BCUT2D eigenvalue weighted by molar-refractivity contribution is 0.715. The van der Waals surface area contributed by atoms with Gasteiger partial charge < -0.3 is 4.90 Å². The highest BCUT2D eigenvalue weighted by Crippen LogP contribution is 2.32. The van der Waals surface area contributed by atoms with Gasteiger partial charge in [0.1, 0.15) is 5.82 Å². The monoisotopic (exact) mass is 344 g/mol. The Morgan fingerprint density at radius 1 is 0.885 bits per heavy atom. The van der Waals surface area contributed by atoms with Crippen LogP contribution in [0.4, 0.5) is 5.82 Å². The first kappa shape index (κ1) is 16.6. The third-order valence-corrected chi connectivity index (χ3v) is 4.77. The van der Waals surface area contributed by atoms with Crippen molar-refractivity contribution in [1.29, 1.82) is 0 Å². The van der Waals surface area contributed by atoms with Gasteiger partial charge in [-0.25, -0.2) is 4.98 Å². The second kappa shape index (κ2) is 7.16. The van der Waals surface area contributed by atoms with E-state index in [2.05, 4.69) is 72.3 Å². The van der Waals surface area contributed by atoms with Crippen molar-refractivity contribution in [2.75, 3.05) is 18.0 Å². The van der Waals surface area contributed by atoms with Gasteiger partial charge in [-0.3, -0.25) is 0 Å². The Morgan fingerprint density at radius 2 is 1.65 bits per heavy atom. The highest BCUT2D eigenvalue weighted by molar-refractivity contribution is 5.99. The molecule has 2 aromatic heterocycles. The Morgan fingerprint density at radius 3 is 2.46 bits per heavy atom. The second-order valence-corrected chi connectivity index (χ2v) is 6.61. The molecule has 0 aliphatic carbocycles.